The van der Waals surface area contributed by atoms with E-state index >= 15 is 0 Å². The van der Waals surface area contributed by atoms with Crippen LogP contribution in [0.3, 0.4) is 0 Å². The summed E-state index contributed by atoms with van der Waals surface area (Å²) in [5.74, 6) is -1.35. The first-order chi connectivity index (χ1) is 11.7. The molecule has 24 heavy (non-hydrogen) atoms. The Morgan fingerprint density at radius 3 is 2.29 bits per heavy atom. The highest BCUT2D eigenvalue weighted by Gasteiger charge is 2.26. The van der Waals surface area contributed by atoms with Crippen molar-refractivity contribution in [3.8, 4) is 0 Å². The van der Waals surface area contributed by atoms with E-state index < -0.39 is 11.9 Å². The maximum Gasteiger partial charge on any atom is 0.314 e. The highest BCUT2D eigenvalue weighted by atomic mass is 16.4. The largest absolute Gasteiger partial charge is 0.481 e. The fraction of sp³-hybridized carbons (Fsp3) is 0.0455. The quantitative estimate of drug-likeness (QED) is 0.482. The third-order valence-corrected chi connectivity index (χ3v) is 5.04. The summed E-state index contributed by atoms with van der Waals surface area (Å²) in [6.07, 6.45) is 3.69. The number of carboxylic acid groups (broad SMARTS) is 1. The van der Waals surface area contributed by atoms with E-state index in [0.29, 0.717) is 0 Å². The van der Waals surface area contributed by atoms with Crippen LogP contribution in [0.15, 0.2) is 66.7 Å². The lowest BCUT2D eigenvalue weighted by molar-refractivity contribution is -0.137. The zero-order valence-electron chi connectivity index (χ0n) is 12.9. The lowest BCUT2D eigenvalue weighted by atomic mass is 9.90. The summed E-state index contributed by atoms with van der Waals surface area (Å²) in [5, 5.41) is 16.5. The maximum absolute atomic E-state index is 11.6. The number of fused-ring (bicyclic) bond motifs is 7. The Morgan fingerprint density at radius 2 is 1.42 bits per heavy atom. The number of carbonyl (C=O) groups is 1. The molecule has 1 aliphatic carbocycles. The monoisotopic (exact) mass is 310 g/mol. The molecular weight excluding hydrogens is 296 g/mol. The lowest BCUT2D eigenvalue weighted by Crippen LogP contribution is -2.07. The first kappa shape index (κ1) is 13.3. The van der Waals surface area contributed by atoms with Crippen LogP contribution in [0.2, 0.25) is 0 Å². The van der Waals surface area contributed by atoms with Gasteiger partial charge in [0.1, 0.15) is 5.92 Å². The average molecular weight is 310 g/mol. The third-order valence-electron chi connectivity index (χ3n) is 5.04. The standard InChI is InChI=1S/C22H14O2/c23-22(24)20-10-7-14-6-9-18-17-8-5-13-3-1-2-4-15(13)16(17)11-12-19(18)21(14)20/h1-12,20H,(H,23,24). The van der Waals surface area contributed by atoms with Crippen molar-refractivity contribution < 1.29 is 9.90 Å². The van der Waals surface area contributed by atoms with E-state index in [1.807, 2.05) is 18.2 Å². The summed E-state index contributed by atoms with van der Waals surface area (Å²) in [6, 6.07) is 21.0. The van der Waals surface area contributed by atoms with E-state index in [-0.39, 0.29) is 0 Å². The van der Waals surface area contributed by atoms with Gasteiger partial charge in [-0.2, -0.15) is 0 Å². The van der Waals surface area contributed by atoms with Crippen molar-refractivity contribution in [3.05, 3.63) is 77.9 Å². The molecule has 0 saturated carbocycles. The third kappa shape index (κ3) is 1.68. The van der Waals surface area contributed by atoms with Crippen molar-refractivity contribution in [3.63, 3.8) is 0 Å². The Morgan fingerprint density at radius 1 is 0.750 bits per heavy atom. The molecule has 0 fully saturated rings. The van der Waals surface area contributed by atoms with Gasteiger partial charge in [-0.3, -0.25) is 4.79 Å². The molecule has 4 aromatic rings. The van der Waals surface area contributed by atoms with Crippen LogP contribution in [-0.4, -0.2) is 11.1 Å². The molecule has 5 rings (SSSR count). The van der Waals surface area contributed by atoms with E-state index in [1.54, 1.807) is 6.08 Å². The van der Waals surface area contributed by atoms with Crippen molar-refractivity contribution in [1.82, 2.24) is 0 Å². The van der Waals surface area contributed by atoms with Crippen molar-refractivity contribution >= 4 is 44.4 Å². The molecule has 0 saturated heterocycles. The van der Waals surface area contributed by atoms with E-state index in [2.05, 4.69) is 48.5 Å². The smallest absolute Gasteiger partial charge is 0.314 e. The van der Waals surface area contributed by atoms with Gasteiger partial charge in [-0.1, -0.05) is 72.8 Å². The van der Waals surface area contributed by atoms with Crippen molar-refractivity contribution in [1.29, 1.82) is 0 Å². The van der Waals surface area contributed by atoms with Crippen molar-refractivity contribution in [2.24, 2.45) is 0 Å². The predicted molar refractivity (Wildman–Crippen MR) is 98.4 cm³/mol. The number of hydrogen-bond donors (Lipinski definition) is 1. The van der Waals surface area contributed by atoms with Gasteiger partial charge in [-0.15, -0.1) is 0 Å². The second kappa shape index (κ2) is 4.68. The minimum absolute atomic E-state index is 0.554. The minimum Gasteiger partial charge on any atom is -0.481 e. The summed E-state index contributed by atoms with van der Waals surface area (Å²) in [6.45, 7) is 0. The molecule has 0 radical (unpaired) electrons. The molecule has 114 valence electrons. The van der Waals surface area contributed by atoms with Gasteiger partial charge in [0.15, 0.2) is 0 Å². The van der Waals surface area contributed by atoms with Gasteiger partial charge in [0.05, 0.1) is 0 Å². The van der Waals surface area contributed by atoms with Crippen LogP contribution >= 0.6 is 0 Å². The van der Waals surface area contributed by atoms with Gasteiger partial charge in [0.2, 0.25) is 0 Å². The van der Waals surface area contributed by atoms with Gasteiger partial charge >= 0.3 is 5.97 Å². The topological polar surface area (TPSA) is 37.3 Å². The summed E-state index contributed by atoms with van der Waals surface area (Å²) in [7, 11) is 0. The predicted octanol–water partition coefficient (Wildman–Crippen LogP) is 5.34. The second-order valence-corrected chi connectivity index (χ2v) is 6.29. The number of rotatable bonds is 1. The van der Waals surface area contributed by atoms with Crippen molar-refractivity contribution in [2.45, 2.75) is 5.92 Å². The van der Waals surface area contributed by atoms with Crippen LogP contribution < -0.4 is 0 Å². The van der Waals surface area contributed by atoms with E-state index in [0.717, 1.165) is 21.9 Å². The first-order valence-corrected chi connectivity index (χ1v) is 8.02. The molecule has 0 aliphatic heterocycles. The van der Waals surface area contributed by atoms with Gasteiger partial charge in [-0.05, 0) is 43.4 Å². The highest BCUT2D eigenvalue weighted by Crippen LogP contribution is 2.39. The minimum atomic E-state index is -0.795. The summed E-state index contributed by atoms with van der Waals surface area (Å²) < 4.78 is 0. The maximum atomic E-state index is 11.6. The SMILES string of the molecule is O=C(O)C1C=Cc2ccc3c(ccc4c5ccccc5ccc34)c21. The normalized spacial score (nSPS) is 16.1. The zero-order chi connectivity index (χ0) is 16.3. The fourth-order valence-electron chi connectivity index (χ4n) is 3.94. The molecule has 1 aliphatic rings. The molecule has 0 heterocycles. The number of aliphatic carboxylic acids is 1. The van der Waals surface area contributed by atoms with E-state index in [1.165, 1.54) is 21.5 Å². The number of benzene rings is 4. The van der Waals surface area contributed by atoms with Crippen LogP contribution in [0, 0.1) is 0 Å². The van der Waals surface area contributed by atoms with Crippen LogP contribution in [-0.2, 0) is 4.79 Å². The second-order valence-electron chi connectivity index (χ2n) is 6.29. The molecular formula is C22H14O2. The highest BCUT2D eigenvalue weighted by molar-refractivity contribution is 6.18. The molecule has 4 aromatic carbocycles. The van der Waals surface area contributed by atoms with Crippen molar-refractivity contribution in [2.75, 3.05) is 0 Å². The molecule has 1 unspecified atom stereocenters. The van der Waals surface area contributed by atoms with Crippen LogP contribution in [0.5, 0.6) is 0 Å². The first-order valence-electron chi connectivity index (χ1n) is 8.02. The van der Waals surface area contributed by atoms with E-state index in [9.17, 15) is 9.90 Å². The molecule has 0 amide bonds. The average Bonchev–Trinajstić information content (AvgIpc) is 3.05. The van der Waals surface area contributed by atoms with Crippen LogP contribution in [0.4, 0.5) is 0 Å². The van der Waals surface area contributed by atoms with Gasteiger partial charge in [-0.25, -0.2) is 0 Å². The Hall–Kier alpha value is -3.13. The van der Waals surface area contributed by atoms with Crippen LogP contribution in [0.25, 0.3) is 38.4 Å². The Labute approximate surface area is 138 Å². The number of hydrogen-bond acceptors (Lipinski definition) is 1. The molecule has 0 aromatic heterocycles. The summed E-state index contributed by atoms with van der Waals surface area (Å²) in [5.41, 5.74) is 1.92. The van der Waals surface area contributed by atoms with Gasteiger partial charge in [0.25, 0.3) is 0 Å². The fourth-order valence-corrected chi connectivity index (χ4v) is 3.94. The van der Waals surface area contributed by atoms with Crippen LogP contribution in [0.1, 0.15) is 17.0 Å². The molecule has 2 nitrogen and oxygen atoms in total. The van der Waals surface area contributed by atoms with E-state index in [4.69, 9.17) is 0 Å². The molecule has 2 heteroatoms. The Kier molecular flexibility index (Phi) is 2.60. The lowest BCUT2D eigenvalue weighted by Gasteiger charge is -2.13. The van der Waals surface area contributed by atoms with Gasteiger partial charge in [0, 0.05) is 0 Å². The molecule has 1 atom stereocenters. The Balaban J connectivity index is 1.92. The van der Waals surface area contributed by atoms with Gasteiger partial charge < -0.3 is 5.11 Å². The molecule has 0 spiro atoms. The Bertz CT molecular complexity index is 1180. The zero-order valence-corrected chi connectivity index (χ0v) is 12.9. The summed E-state index contributed by atoms with van der Waals surface area (Å²) in [4.78, 5) is 11.6. The summed E-state index contributed by atoms with van der Waals surface area (Å²) >= 11 is 0. The molecule has 1 N–H and O–H groups in total. The number of carboxylic acids is 1. The molecule has 0 bridgehead atoms.